The molecule has 8 aromatic rings. The molecule has 1 aromatic heterocycles. The summed E-state index contributed by atoms with van der Waals surface area (Å²) in [6, 6.07) is 52.8. The Balaban J connectivity index is 1.36. The van der Waals surface area contributed by atoms with Crippen LogP contribution in [0.25, 0.3) is 32.3 Å². The first-order chi connectivity index (χ1) is 30.2. The van der Waals surface area contributed by atoms with Gasteiger partial charge in [0.2, 0.25) is 0 Å². The van der Waals surface area contributed by atoms with E-state index in [4.69, 9.17) is 6.57 Å². The molecule has 0 saturated heterocycles. The van der Waals surface area contributed by atoms with E-state index in [0.717, 1.165) is 38.9 Å². The maximum Gasteiger partial charge on any atom is 0.252 e. The van der Waals surface area contributed by atoms with Gasteiger partial charge in [-0.2, -0.15) is 0 Å². The van der Waals surface area contributed by atoms with Gasteiger partial charge in [-0.3, -0.25) is 0 Å². The van der Waals surface area contributed by atoms with Crippen molar-refractivity contribution in [3.05, 3.63) is 173 Å². The van der Waals surface area contributed by atoms with Crippen molar-refractivity contribution in [2.75, 3.05) is 9.80 Å². The number of aromatic nitrogens is 1. The van der Waals surface area contributed by atoms with Gasteiger partial charge < -0.3 is 14.4 Å². The fourth-order valence-corrected chi connectivity index (χ4v) is 10.1. The van der Waals surface area contributed by atoms with Gasteiger partial charge in [-0.05, 0) is 132 Å². The van der Waals surface area contributed by atoms with Gasteiger partial charge in [0.05, 0.1) is 23.3 Å². The molecule has 0 bridgehead atoms. The van der Waals surface area contributed by atoms with Crippen molar-refractivity contribution in [3.8, 4) is 5.69 Å². The maximum atomic E-state index is 7.90. The standard InChI is InChI=1S/C59H59BN4/c1-56(2,3)37-18-25-42(26-19-37)62-51-29-22-39(58(7,8)9)32-47(51)60-48-33-40(59(10,11)12)23-30-52(48)63(43-27-20-38(21-28-43)57(4,5)6)54-36-44(35-53(62)55(54)60)64-49-17-15-14-16-45(49)46-34-41(61-13)24-31-50(46)64/h14-36H,1-12H3. The highest BCUT2D eigenvalue weighted by molar-refractivity contribution is 7.00. The third-order valence-corrected chi connectivity index (χ3v) is 13.8. The van der Waals surface area contributed by atoms with Crippen LogP contribution in [0.5, 0.6) is 0 Å². The van der Waals surface area contributed by atoms with E-state index in [1.807, 2.05) is 6.07 Å². The van der Waals surface area contributed by atoms with Gasteiger partial charge >= 0.3 is 0 Å². The van der Waals surface area contributed by atoms with Crippen molar-refractivity contribution >= 4 is 84.7 Å². The fraction of sp³-hybridized carbons (Fsp3) is 0.271. The minimum absolute atomic E-state index is 0.0191. The SMILES string of the molecule is [C-]#[N+]c1ccc2c(c1)c1ccccc1n2-c1cc2c3c(c1)N(c1ccc(C(C)(C)C)cc1)c1ccc(C(C)(C)C)cc1B3c1cc(C(C)(C)C)ccc1N2c1ccc(C(C)(C)C)cc1. The lowest BCUT2D eigenvalue weighted by molar-refractivity contribution is 0.590. The zero-order valence-corrected chi connectivity index (χ0v) is 39.6. The average Bonchev–Trinajstić information content (AvgIpc) is 3.58. The number of benzene rings is 7. The molecule has 0 radical (unpaired) electrons. The number of fused-ring (bicyclic) bond motifs is 7. The Hall–Kier alpha value is -6.51. The topological polar surface area (TPSA) is 15.8 Å². The molecule has 64 heavy (non-hydrogen) atoms. The number of anilines is 6. The van der Waals surface area contributed by atoms with Crippen LogP contribution in [0.15, 0.2) is 140 Å². The van der Waals surface area contributed by atoms with E-state index in [-0.39, 0.29) is 28.4 Å². The lowest BCUT2D eigenvalue weighted by Gasteiger charge is -2.45. The van der Waals surface area contributed by atoms with Gasteiger partial charge in [0.25, 0.3) is 6.71 Å². The number of para-hydroxylation sites is 1. The number of nitrogens with zero attached hydrogens (tertiary/aromatic N) is 4. The summed E-state index contributed by atoms with van der Waals surface area (Å²) in [7, 11) is 0. The van der Waals surface area contributed by atoms with Gasteiger partial charge in [-0.25, -0.2) is 4.85 Å². The van der Waals surface area contributed by atoms with Gasteiger partial charge in [0.1, 0.15) is 0 Å². The summed E-state index contributed by atoms with van der Waals surface area (Å²) in [6.45, 7) is 35.6. The van der Waals surface area contributed by atoms with Gasteiger partial charge in [-0.15, -0.1) is 0 Å². The van der Waals surface area contributed by atoms with Gasteiger partial charge in [0, 0.05) is 39.5 Å². The van der Waals surface area contributed by atoms with E-state index in [1.165, 1.54) is 61.4 Å². The normalized spacial score (nSPS) is 13.8. The molecule has 0 spiro atoms. The third kappa shape index (κ3) is 6.64. The van der Waals surface area contributed by atoms with Gasteiger partial charge in [0.15, 0.2) is 5.69 Å². The highest BCUT2D eigenvalue weighted by atomic mass is 15.2. The highest BCUT2D eigenvalue weighted by Gasteiger charge is 2.45. The lowest BCUT2D eigenvalue weighted by Crippen LogP contribution is -2.61. The first-order valence-electron chi connectivity index (χ1n) is 22.9. The molecule has 2 aliphatic heterocycles. The number of rotatable bonds is 3. The summed E-state index contributed by atoms with van der Waals surface area (Å²) in [5.41, 5.74) is 20.1. The second-order valence-corrected chi connectivity index (χ2v) is 22.3. The molecule has 5 heteroatoms. The van der Waals surface area contributed by atoms with Crippen LogP contribution in [0.4, 0.5) is 39.8 Å². The van der Waals surface area contributed by atoms with Crippen molar-refractivity contribution < 1.29 is 0 Å². The quantitative estimate of drug-likeness (QED) is 0.130. The molecule has 318 valence electrons. The summed E-state index contributed by atoms with van der Waals surface area (Å²) < 4.78 is 2.42. The summed E-state index contributed by atoms with van der Waals surface area (Å²) in [5.74, 6) is 0. The number of hydrogen-bond donors (Lipinski definition) is 0. The van der Waals surface area contributed by atoms with Crippen LogP contribution in [0.2, 0.25) is 0 Å². The summed E-state index contributed by atoms with van der Waals surface area (Å²) >= 11 is 0. The minimum Gasteiger partial charge on any atom is -0.311 e. The van der Waals surface area contributed by atoms with Crippen LogP contribution in [0.1, 0.15) is 105 Å². The molecule has 0 aliphatic carbocycles. The molecular weight excluding hydrogens is 775 g/mol. The van der Waals surface area contributed by atoms with Crippen LogP contribution in [-0.4, -0.2) is 11.3 Å². The maximum absolute atomic E-state index is 7.90. The van der Waals surface area contributed by atoms with Crippen molar-refractivity contribution in [2.45, 2.75) is 105 Å². The zero-order chi connectivity index (χ0) is 45.2. The second-order valence-electron chi connectivity index (χ2n) is 22.3. The molecule has 10 rings (SSSR count). The predicted molar refractivity (Wildman–Crippen MR) is 276 cm³/mol. The Morgan fingerprint density at radius 3 is 1.30 bits per heavy atom. The minimum atomic E-state index is -0.0452. The molecule has 7 aromatic carbocycles. The van der Waals surface area contributed by atoms with E-state index in [9.17, 15) is 0 Å². The monoisotopic (exact) mass is 834 g/mol. The van der Waals surface area contributed by atoms with Crippen LogP contribution < -0.4 is 26.2 Å². The van der Waals surface area contributed by atoms with Crippen molar-refractivity contribution in [1.29, 1.82) is 0 Å². The molecule has 0 saturated carbocycles. The Bertz CT molecular complexity index is 3060. The molecule has 4 nitrogen and oxygen atoms in total. The van der Waals surface area contributed by atoms with Crippen molar-refractivity contribution in [3.63, 3.8) is 0 Å². The lowest BCUT2D eigenvalue weighted by atomic mass is 9.33. The summed E-state index contributed by atoms with van der Waals surface area (Å²) in [6.07, 6.45) is 0. The Morgan fingerprint density at radius 1 is 0.406 bits per heavy atom. The number of hydrogen-bond acceptors (Lipinski definition) is 2. The van der Waals surface area contributed by atoms with Gasteiger partial charge in [-0.1, -0.05) is 156 Å². The van der Waals surface area contributed by atoms with E-state index in [2.05, 4.69) is 236 Å². The van der Waals surface area contributed by atoms with Crippen LogP contribution >= 0.6 is 0 Å². The molecule has 3 heterocycles. The zero-order valence-electron chi connectivity index (χ0n) is 39.6. The third-order valence-electron chi connectivity index (χ3n) is 13.8. The van der Waals surface area contributed by atoms with E-state index >= 15 is 0 Å². The first-order valence-corrected chi connectivity index (χ1v) is 22.9. The average molecular weight is 835 g/mol. The fourth-order valence-electron chi connectivity index (χ4n) is 10.1. The summed E-state index contributed by atoms with van der Waals surface area (Å²) in [4.78, 5) is 8.93. The molecule has 2 aliphatic rings. The molecule has 0 atom stereocenters. The Morgan fingerprint density at radius 2 is 0.844 bits per heavy atom. The largest absolute Gasteiger partial charge is 0.311 e. The first kappa shape index (κ1) is 41.5. The molecule has 0 fully saturated rings. The molecule has 0 N–H and O–H groups in total. The van der Waals surface area contributed by atoms with Crippen LogP contribution in [0.3, 0.4) is 0 Å². The smallest absolute Gasteiger partial charge is 0.252 e. The van der Waals surface area contributed by atoms with Crippen LogP contribution in [0, 0.1) is 6.57 Å². The Labute approximate surface area is 381 Å². The van der Waals surface area contributed by atoms with E-state index in [1.54, 1.807) is 0 Å². The summed E-state index contributed by atoms with van der Waals surface area (Å²) in [5, 5.41) is 2.22. The van der Waals surface area contributed by atoms with Crippen molar-refractivity contribution in [1.82, 2.24) is 4.57 Å². The molecular formula is C59H59BN4. The highest BCUT2D eigenvalue weighted by Crippen LogP contribution is 2.48. The van der Waals surface area contributed by atoms with E-state index < -0.39 is 0 Å². The predicted octanol–water partition coefficient (Wildman–Crippen LogP) is 14.6. The molecule has 0 amide bonds. The second kappa shape index (κ2) is 14.3. The van der Waals surface area contributed by atoms with Crippen LogP contribution in [-0.2, 0) is 21.7 Å². The van der Waals surface area contributed by atoms with Crippen molar-refractivity contribution in [2.24, 2.45) is 0 Å². The molecule has 0 unspecified atom stereocenters. The van der Waals surface area contributed by atoms with E-state index in [0.29, 0.717) is 5.69 Å². The Kier molecular flexibility index (Phi) is 9.24.